The lowest BCUT2D eigenvalue weighted by molar-refractivity contribution is -0.126. The molecule has 1 aromatic rings. The SMILES string of the molecule is CC1=C[C@@H](NC(=O)Cc2ccccc2)[C@H]2C(=O)NC(=O)[C@H]2C1. The third-order valence-electron chi connectivity index (χ3n) is 4.25. The molecule has 1 saturated heterocycles. The standard InChI is InChI=1S/C17H18N2O3/c1-10-7-12-15(17(22)19-16(12)21)13(8-10)18-14(20)9-11-5-3-2-4-6-11/h2-6,8,12-13,15H,7,9H2,1H3,(H,18,20)(H,19,21,22)/t12-,13+,15-/m0/s1. The third kappa shape index (κ3) is 2.79. The highest BCUT2D eigenvalue weighted by molar-refractivity contribution is 6.06. The largest absolute Gasteiger partial charge is 0.349 e. The van der Waals surface area contributed by atoms with Gasteiger partial charge in [-0.3, -0.25) is 19.7 Å². The van der Waals surface area contributed by atoms with Crippen molar-refractivity contribution in [3.05, 3.63) is 47.5 Å². The van der Waals surface area contributed by atoms with Crippen molar-refractivity contribution in [2.75, 3.05) is 0 Å². The number of fused-ring (bicyclic) bond motifs is 1. The van der Waals surface area contributed by atoms with Crippen molar-refractivity contribution < 1.29 is 14.4 Å². The van der Waals surface area contributed by atoms with E-state index in [1.54, 1.807) is 0 Å². The first-order valence-corrected chi connectivity index (χ1v) is 7.40. The summed E-state index contributed by atoms with van der Waals surface area (Å²) in [7, 11) is 0. The van der Waals surface area contributed by atoms with Crippen LogP contribution in [-0.4, -0.2) is 23.8 Å². The zero-order valence-corrected chi connectivity index (χ0v) is 12.3. The van der Waals surface area contributed by atoms with Crippen molar-refractivity contribution in [1.82, 2.24) is 10.6 Å². The fourth-order valence-corrected chi connectivity index (χ4v) is 3.25. The number of amides is 3. The van der Waals surface area contributed by atoms with Crippen LogP contribution in [0.15, 0.2) is 42.0 Å². The van der Waals surface area contributed by atoms with Gasteiger partial charge in [-0.15, -0.1) is 0 Å². The monoisotopic (exact) mass is 298 g/mol. The molecule has 3 atom stereocenters. The lowest BCUT2D eigenvalue weighted by atomic mass is 9.78. The summed E-state index contributed by atoms with van der Waals surface area (Å²) in [5.74, 6) is -1.52. The topological polar surface area (TPSA) is 75.3 Å². The first-order valence-electron chi connectivity index (χ1n) is 7.40. The zero-order chi connectivity index (χ0) is 15.7. The molecule has 1 fully saturated rings. The molecule has 2 N–H and O–H groups in total. The molecular weight excluding hydrogens is 280 g/mol. The lowest BCUT2D eigenvalue weighted by Crippen LogP contribution is -2.46. The van der Waals surface area contributed by atoms with E-state index >= 15 is 0 Å². The molecule has 0 spiro atoms. The van der Waals surface area contributed by atoms with Crippen LogP contribution in [0.3, 0.4) is 0 Å². The van der Waals surface area contributed by atoms with Crippen LogP contribution in [0.4, 0.5) is 0 Å². The lowest BCUT2D eigenvalue weighted by Gasteiger charge is -2.29. The van der Waals surface area contributed by atoms with Gasteiger partial charge < -0.3 is 5.32 Å². The van der Waals surface area contributed by atoms with Crippen molar-refractivity contribution in [2.24, 2.45) is 11.8 Å². The van der Waals surface area contributed by atoms with Crippen LogP contribution in [0.1, 0.15) is 18.9 Å². The minimum absolute atomic E-state index is 0.145. The number of hydrogen-bond donors (Lipinski definition) is 2. The van der Waals surface area contributed by atoms with Gasteiger partial charge in [0.05, 0.1) is 24.3 Å². The molecule has 114 valence electrons. The second kappa shape index (κ2) is 5.75. The highest BCUT2D eigenvalue weighted by Gasteiger charge is 2.47. The molecule has 0 saturated carbocycles. The number of nitrogens with one attached hydrogen (secondary N) is 2. The number of carbonyl (C=O) groups excluding carboxylic acids is 3. The second-order valence-electron chi connectivity index (χ2n) is 5.96. The van der Waals surface area contributed by atoms with Crippen molar-refractivity contribution in [3.63, 3.8) is 0 Å². The van der Waals surface area contributed by atoms with Gasteiger partial charge in [-0.2, -0.15) is 0 Å². The Morgan fingerprint density at radius 3 is 2.68 bits per heavy atom. The van der Waals surface area contributed by atoms with Crippen LogP contribution in [-0.2, 0) is 20.8 Å². The first kappa shape index (κ1) is 14.5. The van der Waals surface area contributed by atoms with Gasteiger partial charge in [-0.1, -0.05) is 42.0 Å². The van der Waals surface area contributed by atoms with Crippen molar-refractivity contribution in [2.45, 2.75) is 25.8 Å². The average Bonchev–Trinajstić information content (AvgIpc) is 2.74. The number of rotatable bonds is 3. The van der Waals surface area contributed by atoms with E-state index in [0.717, 1.165) is 11.1 Å². The molecule has 0 bridgehead atoms. The Morgan fingerprint density at radius 2 is 1.95 bits per heavy atom. The fraction of sp³-hybridized carbons (Fsp3) is 0.353. The van der Waals surface area contributed by atoms with E-state index in [2.05, 4.69) is 10.6 Å². The summed E-state index contributed by atoms with van der Waals surface area (Å²) in [5, 5.41) is 5.26. The maximum Gasteiger partial charge on any atom is 0.232 e. The van der Waals surface area contributed by atoms with Crippen LogP contribution in [0.5, 0.6) is 0 Å². The van der Waals surface area contributed by atoms with Gasteiger partial charge in [-0.05, 0) is 18.9 Å². The van der Waals surface area contributed by atoms with E-state index in [9.17, 15) is 14.4 Å². The Hall–Kier alpha value is -2.43. The Balaban J connectivity index is 1.73. The summed E-state index contributed by atoms with van der Waals surface area (Å²) < 4.78 is 0. The first-order chi connectivity index (χ1) is 10.5. The second-order valence-corrected chi connectivity index (χ2v) is 5.96. The maximum atomic E-state index is 12.2. The molecule has 1 aliphatic carbocycles. The predicted octanol–water partition coefficient (Wildman–Crippen LogP) is 0.953. The smallest absolute Gasteiger partial charge is 0.232 e. The molecule has 2 aliphatic rings. The number of allylic oxidation sites excluding steroid dienone is 1. The van der Waals surface area contributed by atoms with Gasteiger partial charge >= 0.3 is 0 Å². The molecule has 3 rings (SSSR count). The number of benzene rings is 1. The molecule has 5 nitrogen and oxygen atoms in total. The Morgan fingerprint density at radius 1 is 1.23 bits per heavy atom. The molecule has 1 aromatic carbocycles. The fourth-order valence-electron chi connectivity index (χ4n) is 3.25. The van der Waals surface area contributed by atoms with Crippen LogP contribution in [0.2, 0.25) is 0 Å². The van der Waals surface area contributed by atoms with Crippen molar-refractivity contribution in [3.8, 4) is 0 Å². The molecular formula is C17H18N2O3. The Labute approximate surface area is 128 Å². The average molecular weight is 298 g/mol. The third-order valence-corrected chi connectivity index (χ3v) is 4.25. The molecule has 22 heavy (non-hydrogen) atoms. The summed E-state index contributed by atoms with van der Waals surface area (Å²) in [6.45, 7) is 1.92. The summed E-state index contributed by atoms with van der Waals surface area (Å²) in [4.78, 5) is 36.0. The number of imide groups is 1. The summed E-state index contributed by atoms with van der Waals surface area (Å²) in [6, 6.07) is 9.01. The number of hydrogen-bond acceptors (Lipinski definition) is 3. The molecule has 5 heteroatoms. The van der Waals surface area contributed by atoms with Gasteiger partial charge in [0.15, 0.2) is 0 Å². The van der Waals surface area contributed by atoms with Crippen LogP contribution in [0, 0.1) is 11.8 Å². The van der Waals surface area contributed by atoms with Gasteiger partial charge in [0.1, 0.15) is 0 Å². The zero-order valence-electron chi connectivity index (χ0n) is 12.3. The quantitative estimate of drug-likeness (QED) is 0.644. The maximum absolute atomic E-state index is 12.2. The predicted molar refractivity (Wildman–Crippen MR) is 80.6 cm³/mol. The number of carbonyl (C=O) groups is 3. The minimum atomic E-state index is -0.490. The Bertz CT molecular complexity index is 651. The Kier molecular flexibility index (Phi) is 3.79. The van der Waals surface area contributed by atoms with E-state index < -0.39 is 12.0 Å². The molecule has 3 amide bonds. The summed E-state index contributed by atoms with van der Waals surface area (Å²) in [6.07, 6.45) is 2.73. The van der Waals surface area contributed by atoms with E-state index in [1.807, 2.05) is 43.3 Å². The van der Waals surface area contributed by atoms with E-state index in [-0.39, 0.29) is 30.1 Å². The molecule has 0 radical (unpaired) electrons. The molecule has 0 aromatic heterocycles. The van der Waals surface area contributed by atoms with Gasteiger partial charge in [-0.25, -0.2) is 0 Å². The van der Waals surface area contributed by atoms with Crippen LogP contribution < -0.4 is 10.6 Å². The molecule has 0 unspecified atom stereocenters. The highest BCUT2D eigenvalue weighted by Crippen LogP contribution is 2.33. The minimum Gasteiger partial charge on any atom is -0.349 e. The molecule has 1 heterocycles. The van der Waals surface area contributed by atoms with E-state index in [0.29, 0.717) is 6.42 Å². The van der Waals surface area contributed by atoms with Crippen molar-refractivity contribution in [1.29, 1.82) is 0 Å². The van der Waals surface area contributed by atoms with Gasteiger partial charge in [0.25, 0.3) is 0 Å². The summed E-state index contributed by atoms with van der Waals surface area (Å²) in [5.41, 5.74) is 1.94. The highest BCUT2D eigenvalue weighted by atomic mass is 16.2. The van der Waals surface area contributed by atoms with Crippen LogP contribution in [0.25, 0.3) is 0 Å². The van der Waals surface area contributed by atoms with Crippen molar-refractivity contribution >= 4 is 17.7 Å². The van der Waals surface area contributed by atoms with Gasteiger partial charge in [0, 0.05) is 0 Å². The summed E-state index contributed by atoms with van der Waals surface area (Å²) >= 11 is 0. The van der Waals surface area contributed by atoms with Crippen LogP contribution >= 0.6 is 0 Å². The molecule has 1 aliphatic heterocycles. The van der Waals surface area contributed by atoms with Gasteiger partial charge in [0.2, 0.25) is 17.7 Å². The van der Waals surface area contributed by atoms with E-state index in [4.69, 9.17) is 0 Å². The normalized spacial score (nSPS) is 27.0. The van der Waals surface area contributed by atoms with E-state index in [1.165, 1.54) is 0 Å².